The quantitative estimate of drug-likeness (QED) is 0.714. The van der Waals surface area contributed by atoms with Crippen molar-refractivity contribution in [1.82, 2.24) is 0 Å². The topological polar surface area (TPSA) is 3.24 Å². The molecule has 1 heteroatoms. The van der Waals surface area contributed by atoms with Crippen molar-refractivity contribution in [2.24, 2.45) is 0 Å². The van der Waals surface area contributed by atoms with Gasteiger partial charge in [0, 0.05) is 18.3 Å². The molecule has 0 aromatic heterocycles. The van der Waals surface area contributed by atoms with Gasteiger partial charge in [-0.1, -0.05) is 54.6 Å². The molecule has 0 saturated heterocycles. The summed E-state index contributed by atoms with van der Waals surface area (Å²) >= 11 is 0. The van der Waals surface area contributed by atoms with Crippen molar-refractivity contribution in [3.8, 4) is 0 Å². The second-order valence-corrected chi connectivity index (χ2v) is 5.31. The van der Waals surface area contributed by atoms with Crippen molar-refractivity contribution < 1.29 is 0 Å². The molecule has 0 fully saturated rings. The first-order valence-corrected chi connectivity index (χ1v) is 6.87. The summed E-state index contributed by atoms with van der Waals surface area (Å²) in [5.74, 6) is 0. The maximum atomic E-state index is 2.47. The average Bonchev–Trinajstić information content (AvgIpc) is 2.41. The SMILES string of the molecule is CC(C)N1Cc2ccccc2/C=C\c2ccccc21. The van der Waals surface area contributed by atoms with Gasteiger partial charge in [0.15, 0.2) is 0 Å². The van der Waals surface area contributed by atoms with Gasteiger partial charge in [0.2, 0.25) is 0 Å². The molecule has 0 aliphatic carbocycles. The average molecular weight is 249 g/mol. The molecule has 2 aromatic carbocycles. The monoisotopic (exact) mass is 249 g/mol. The first kappa shape index (κ1) is 12.0. The van der Waals surface area contributed by atoms with Crippen LogP contribution in [0, 0.1) is 0 Å². The highest BCUT2D eigenvalue weighted by Gasteiger charge is 2.16. The second kappa shape index (κ2) is 4.93. The number of rotatable bonds is 1. The number of anilines is 1. The molecule has 0 saturated carbocycles. The number of nitrogens with zero attached hydrogens (tertiary/aromatic N) is 1. The lowest BCUT2D eigenvalue weighted by molar-refractivity contribution is 0.681. The zero-order chi connectivity index (χ0) is 13.2. The first-order chi connectivity index (χ1) is 9.25. The van der Waals surface area contributed by atoms with Crippen LogP contribution in [-0.2, 0) is 6.54 Å². The first-order valence-electron chi connectivity index (χ1n) is 6.87. The molecule has 19 heavy (non-hydrogen) atoms. The van der Waals surface area contributed by atoms with Gasteiger partial charge in [-0.25, -0.2) is 0 Å². The largest absolute Gasteiger partial charge is 0.364 e. The number of hydrogen-bond acceptors (Lipinski definition) is 1. The highest BCUT2D eigenvalue weighted by atomic mass is 15.2. The molecule has 96 valence electrons. The Hall–Kier alpha value is -2.02. The zero-order valence-corrected chi connectivity index (χ0v) is 11.5. The van der Waals surface area contributed by atoms with Crippen molar-refractivity contribution in [3.63, 3.8) is 0 Å². The molecule has 1 aliphatic heterocycles. The van der Waals surface area contributed by atoms with Crippen LogP contribution in [0.5, 0.6) is 0 Å². The van der Waals surface area contributed by atoms with E-state index < -0.39 is 0 Å². The van der Waals surface area contributed by atoms with E-state index in [0.717, 1.165) is 6.54 Å². The van der Waals surface area contributed by atoms with E-state index in [4.69, 9.17) is 0 Å². The Bertz CT molecular complexity index is 611. The van der Waals surface area contributed by atoms with E-state index in [-0.39, 0.29) is 0 Å². The minimum atomic E-state index is 0.487. The van der Waals surface area contributed by atoms with Crippen molar-refractivity contribution in [1.29, 1.82) is 0 Å². The molecule has 3 rings (SSSR count). The van der Waals surface area contributed by atoms with Crippen LogP contribution in [0.1, 0.15) is 30.5 Å². The molecule has 1 aliphatic rings. The summed E-state index contributed by atoms with van der Waals surface area (Å²) in [7, 11) is 0. The van der Waals surface area contributed by atoms with Gasteiger partial charge in [-0.2, -0.15) is 0 Å². The molecule has 0 amide bonds. The van der Waals surface area contributed by atoms with Crippen LogP contribution in [0.3, 0.4) is 0 Å². The molecule has 0 N–H and O–H groups in total. The van der Waals surface area contributed by atoms with Gasteiger partial charge < -0.3 is 4.90 Å². The Kier molecular flexibility index (Phi) is 3.12. The van der Waals surface area contributed by atoms with Crippen molar-refractivity contribution in [3.05, 3.63) is 65.2 Å². The lowest BCUT2D eigenvalue weighted by Crippen LogP contribution is -2.31. The van der Waals surface area contributed by atoms with E-state index in [9.17, 15) is 0 Å². The molecule has 1 heterocycles. The van der Waals surface area contributed by atoms with Crippen LogP contribution in [0.15, 0.2) is 48.5 Å². The predicted octanol–water partition coefficient (Wildman–Crippen LogP) is 4.59. The molecule has 0 atom stereocenters. The molecule has 2 aromatic rings. The molecule has 1 nitrogen and oxygen atoms in total. The van der Waals surface area contributed by atoms with Gasteiger partial charge in [0.05, 0.1) is 0 Å². The summed E-state index contributed by atoms with van der Waals surface area (Å²) in [6.07, 6.45) is 4.45. The Balaban J connectivity index is 2.17. The highest BCUT2D eigenvalue weighted by molar-refractivity contribution is 5.79. The highest BCUT2D eigenvalue weighted by Crippen LogP contribution is 2.29. The summed E-state index contributed by atoms with van der Waals surface area (Å²) in [5, 5.41) is 0. The molecule has 0 radical (unpaired) electrons. The van der Waals surface area contributed by atoms with Crippen LogP contribution in [0.2, 0.25) is 0 Å². The summed E-state index contributed by atoms with van der Waals surface area (Å²) in [6.45, 7) is 5.48. The Morgan fingerprint density at radius 2 is 1.47 bits per heavy atom. The minimum Gasteiger partial charge on any atom is -0.364 e. The van der Waals surface area contributed by atoms with E-state index in [2.05, 4.69) is 79.4 Å². The van der Waals surface area contributed by atoms with Gasteiger partial charge in [-0.3, -0.25) is 0 Å². The molecular weight excluding hydrogens is 230 g/mol. The number of fused-ring (bicyclic) bond motifs is 2. The van der Waals surface area contributed by atoms with Gasteiger partial charge >= 0.3 is 0 Å². The van der Waals surface area contributed by atoms with E-state index in [1.54, 1.807) is 0 Å². The fourth-order valence-electron chi connectivity index (χ4n) is 2.64. The third-order valence-electron chi connectivity index (χ3n) is 3.71. The zero-order valence-electron chi connectivity index (χ0n) is 11.5. The third kappa shape index (κ3) is 2.28. The van der Waals surface area contributed by atoms with Crippen LogP contribution in [0.25, 0.3) is 12.2 Å². The standard InChI is InChI=1S/C18H19N/c1-14(2)19-13-17-9-4-3-7-15(17)11-12-16-8-5-6-10-18(16)19/h3-12,14H,13H2,1-2H3/b12-11-. The third-order valence-corrected chi connectivity index (χ3v) is 3.71. The van der Waals surface area contributed by atoms with Crippen molar-refractivity contribution >= 4 is 17.8 Å². The van der Waals surface area contributed by atoms with E-state index >= 15 is 0 Å². The maximum absolute atomic E-state index is 2.47. The van der Waals surface area contributed by atoms with Gasteiger partial charge in [0.25, 0.3) is 0 Å². The van der Waals surface area contributed by atoms with Crippen LogP contribution in [-0.4, -0.2) is 6.04 Å². The van der Waals surface area contributed by atoms with E-state index in [0.29, 0.717) is 6.04 Å². The molecule has 0 bridgehead atoms. The minimum absolute atomic E-state index is 0.487. The van der Waals surface area contributed by atoms with Gasteiger partial charge in [0.1, 0.15) is 0 Å². The Morgan fingerprint density at radius 3 is 2.26 bits per heavy atom. The van der Waals surface area contributed by atoms with Crippen LogP contribution >= 0.6 is 0 Å². The summed E-state index contributed by atoms with van der Waals surface area (Å²) < 4.78 is 0. The Morgan fingerprint density at radius 1 is 0.842 bits per heavy atom. The van der Waals surface area contributed by atoms with Crippen LogP contribution < -0.4 is 4.90 Å². The maximum Gasteiger partial charge on any atom is 0.0445 e. The fourth-order valence-corrected chi connectivity index (χ4v) is 2.64. The number of para-hydroxylation sites is 1. The predicted molar refractivity (Wildman–Crippen MR) is 83.1 cm³/mol. The van der Waals surface area contributed by atoms with E-state index in [1.807, 2.05) is 0 Å². The van der Waals surface area contributed by atoms with Gasteiger partial charge in [-0.15, -0.1) is 0 Å². The summed E-state index contributed by atoms with van der Waals surface area (Å²) in [4.78, 5) is 2.47. The van der Waals surface area contributed by atoms with Crippen LogP contribution in [0.4, 0.5) is 5.69 Å². The van der Waals surface area contributed by atoms with Crippen molar-refractivity contribution in [2.75, 3.05) is 4.90 Å². The fraction of sp³-hybridized carbons (Fsp3) is 0.222. The summed E-state index contributed by atoms with van der Waals surface area (Å²) in [5.41, 5.74) is 5.33. The van der Waals surface area contributed by atoms with Gasteiger partial charge in [-0.05, 0) is 36.6 Å². The smallest absolute Gasteiger partial charge is 0.0445 e. The lowest BCUT2D eigenvalue weighted by atomic mass is 10.0. The summed E-state index contributed by atoms with van der Waals surface area (Å²) in [6, 6.07) is 17.8. The van der Waals surface area contributed by atoms with Crippen molar-refractivity contribution in [2.45, 2.75) is 26.4 Å². The Labute approximate surface area is 115 Å². The number of hydrogen-bond donors (Lipinski definition) is 0. The molecular formula is C18H19N. The molecule has 0 unspecified atom stereocenters. The van der Waals surface area contributed by atoms with E-state index in [1.165, 1.54) is 22.4 Å². The normalized spacial score (nSPS) is 15.4. The second-order valence-electron chi connectivity index (χ2n) is 5.31. The lowest BCUT2D eigenvalue weighted by Gasteiger charge is -2.32. The molecule has 0 spiro atoms. The number of benzene rings is 2.